The summed E-state index contributed by atoms with van der Waals surface area (Å²) in [7, 11) is -3.80. The number of phenols is 2. The molecule has 0 amide bonds. The lowest BCUT2D eigenvalue weighted by Gasteiger charge is -2.57. The molecule has 6 heteroatoms. The van der Waals surface area contributed by atoms with Crippen molar-refractivity contribution in [3.05, 3.63) is 47.5 Å². The van der Waals surface area contributed by atoms with Crippen LogP contribution in [0.5, 0.6) is 11.5 Å². The van der Waals surface area contributed by atoms with Gasteiger partial charge in [-0.15, -0.1) is 0 Å². The lowest BCUT2D eigenvalue weighted by molar-refractivity contribution is -0.00614. The summed E-state index contributed by atoms with van der Waals surface area (Å²) in [5.74, 6) is 2.52. The van der Waals surface area contributed by atoms with Crippen LogP contribution in [0, 0.1) is 24.7 Å². The molecule has 3 N–H and O–H groups in total. The van der Waals surface area contributed by atoms with Crippen LogP contribution in [0.3, 0.4) is 0 Å². The molecular weight excluding hydrogens is 386 g/mol. The second kappa shape index (κ2) is 6.39. The maximum Gasteiger partial charge on any atom is 0.261 e. The third-order valence-electron chi connectivity index (χ3n) is 7.34. The standard InChI is InChI=1S/C23H27NO4S/c1-14-6-20(23-11-15-7-16(12-23)9-17(8-15)13-23)22(26)10-21(14)24-29(27,28)19-4-2-18(25)3-5-19/h2-6,10,15-17,24-26H,7-9,11-13H2,1H3. The first kappa shape index (κ1) is 18.8. The van der Waals surface area contributed by atoms with Gasteiger partial charge in [-0.2, -0.15) is 0 Å². The highest BCUT2D eigenvalue weighted by atomic mass is 32.2. The topological polar surface area (TPSA) is 86.6 Å². The van der Waals surface area contributed by atoms with E-state index in [4.69, 9.17) is 0 Å². The highest BCUT2D eigenvalue weighted by molar-refractivity contribution is 7.92. The van der Waals surface area contributed by atoms with Gasteiger partial charge in [0, 0.05) is 11.6 Å². The molecule has 2 aromatic carbocycles. The molecular formula is C23H27NO4S. The van der Waals surface area contributed by atoms with Gasteiger partial charge in [-0.3, -0.25) is 4.72 Å². The summed E-state index contributed by atoms with van der Waals surface area (Å²) in [5.41, 5.74) is 2.26. The van der Waals surface area contributed by atoms with Crippen LogP contribution in [0.4, 0.5) is 5.69 Å². The summed E-state index contributed by atoms with van der Waals surface area (Å²) in [5, 5.41) is 20.3. The Morgan fingerprint density at radius 1 is 0.931 bits per heavy atom. The number of phenolic OH excluding ortho intramolecular Hbond substituents is 2. The molecule has 0 unspecified atom stereocenters. The van der Waals surface area contributed by atoms with Crippen molar-refractivity contribution in [3.8, 4) is 11.5 Å². The van der Waals surface area contributed by atoms with Crippen LogP contribution in [0.2, 0.25) is 0 Å². The summed E-state index contributed by atoms with van der Waals surface area (Å²) in [6, 6.07) is 8.97. The molecule has 2 aromatic rings. The van der Waals surface area contributed by atoms with E-state index < -0.39 is 10.0 Å². The Morgan fingerprint density at radius 2 is 1.48 bits per heavy atom. The number of anilines is 1. The van der Waals surface area contributed by atoms with E-state index in [2.05, 4.69) is 4.72 Å². The molecule has 0 spiro atoms. The normalized spacial score (nSPS) is 30.4. The fraction of sp³-hybridized carbons (Fsp3) is 0.478. The average molecular weight is 414 g/mol. The molecule has 29 heavy (non-hydrogen) atoms. The van der Waals surface area contributed by atoms with Gasteiger partial charge in [-0.1, -0.05) is 0 Å². The Hall–Kier alpha value is -2.21. The van der Waals surface area contributed by atoms with Crippen molar-refractivity contribution in [2.24, 2.45) is 17.8 Å². The van der Waals surface area contributed by atoms with E-state index in [0.717, 1.165) is 48.1 Å². The molecule has 0 aliphatic heterocycles. The lowest BCUT2D eigenvalue weighted by Crippen LogP contribution is -2.48. The number of hydrogen-bond donors (Lipinski definition) is 3. The van der Waals surface area contributed by atoms with Crippen molar-refractivity contribution < 1.29 is 18.6 Å². The van der Waals surface area contributed by atoms with Crippen molar-refractivity contribution in [1.29, 1.82) is 0 Å². The molecule has 0 aromatic heterocycles. The largest absolute Gasteiger partial charge is 0.508 e. The number of sulfonamides is 1. The minimum absolute atomic E-state index is 0.0118. The summed E-state index contributed by atoms with van der Waals surface area (Å²) in [4.78, 5) is 0.0688. The molecule has 4 aliphatic carbocycles. The van der Waals surface area contributed by atoms with E-state index in [0.29, 0.717) is 5.69 Å². The van der Waals surface area contributed by atoms with E-state index in [9.17, 15) is 18.6 Å². The molecule has 4 aliphatic rings. The molecule has 4 saturated carbocycles. The zero-order valence-corrected chi connectivity index (χ0v) is 17.4. The average Bonchev–Trinajstić information content (AvgIpc) is 2.63. The second-order valence-corrected chi connectivity index (χ2v) is 11.2. The predicted molar refractivity (Wildman–Crippen MR) is 112 cm³/mol. The van der Waals surface area contributed by atoms with Gasteiger partial charge < -0.3 is 10.2 Å². The van der Waals surface area contributed by atoms with Gasteiger partial charge in [0.1, 0.15) is 11.5 Å². The number of aromatic hydroxyl groups is 2. The number of benzene rings is 2. The maximum absolute atomic E-state index is 12.7. The first-order chi connectivity index (χ1) is 13.7. The summed E-state index contributed by atoms with van der Waals surface area (Å²) in [6.07, 6.45) is 7.44. The molecule has 6 rings (SSSR count). The van der Waals surface area contributed by atoms with Gasteiger partial charge in [0.25, 0.3) is 10.0 Å². The van der Waals surface area contributed by atoms with Crippen molar-refractivity contribution in [1.82, 2.24) is 0 Å². The van der Waals surface area contributed by atoms with E-state index in [-0.39, 0.29) is 21.8 Å². The van der Waals surface area contributed by atoms with Crippen LogP contribution in [-0.2, 0) is 15.4 Å². The fourth-order valence-electron chi connectivity index (χ4n) is 6.50. The Morgan fingerprint density at radius 3 is 2.03 bits per heavy atom. The third-order valence-corrected chi connectivity index (χ3v) is 8.73. The van der Waals surface area contributed by atoms with Crippen molar-refractivity contribution in [3.63, 3.8) is 0 Å². The Balaban J connectivity index is 1.47. The van der Waals surface area contributed by atoms with Gasteiger partial charge in [-0.25, -0.2) is 8.42 Å². The zero-order valence-electron chi connectivity index (χ0n) is 16.6. The zero-order chi connectivity index (χ0) is 20.4. The number of nitrogens with one attached hydrogen (secondary N) is 1. The predicted octanol–water partition coefficient (Wildman–Crippen LogP) is 4.67. The van der Waals surface area contributed by atoms with E-state index in [1.54, 1.807) is 6.07 Å². The van der Waals surface area contributed by atoms with Crippen LogP contribution in [0.15, 0.2) is 41.3 Å². The molecule has 154 valence electrons. The highest BCUT2D eigenvalue weighted by Crippen LogP contribution is 2.62. The first-order valence-corrected chi connectivity index (χ1v) is 11.9. The van der Waals surface area contributed by atoms with Gasteiger partial charge in [0.2, 0.25) is 0 Å². The van der Waals surface area contributed by atoms with Crippen LogP contribution in [0.1, 0.15) is 49.7 Å². The maximum atomic E-state index is 12.7. The Kier molecular flexibility index (Phi) is 4.14. The molecule has 0 heterocycles. The number of hydrogen-bond acceptors (Lipinski definition) is 4. The minimum atomic E-state index is -3.80. The Labute approximate surface area is 171 Å². The van der Waals surface area contributed by atoms with Gasteiger partial charge >= 0.3 is 0 Å². The smallest absolute Gasteiger partial charge is 0.261 e. The lowest BCUT2D eigenvalue weighted by atomic mass is 9.48. The minimum Gasteiger partial charge on any atom is -0.508 e. The number of rotatable bonds is 4. The van der Waals surface area contributed by atoms with Crippen LogP contribution < -0.4 is 4.72 Å². The van der Waals surface area contributed by atoms with E-state index >= 15 is 0 Å². The highest BCUT2D eigenvalue weighted by Gasteiger charge is 2.52. The van der Waals surface area contributed by atoms with Crippen LogP contribution >= 0.6 is 0 Å². The third kappa shape index (κ3) is 3.18. The van der Waals surface area contributed by atoms with Crippen molar-refractivity contribution in [2.45, 2.75) is 55.8 Å². The summed E-state index contributed by atoms with van der Waals surface area (Å²) in [6.45, 7) is 1.89. The van der Waals surface area contributed by atoms with Gasteiger partial charge in [0.05, 0.1) is 10.6 Å². The monoisotopic (exact) mass is 413 g/mol. The number of aryl methyl sites for hydroxylation is 1. The molecule has 5 nitrogen and oxygen atoms in total. The second-order valence-electron chi connectivity index (χ2n) is 9.48. The molecule has 0 atom stereocenters. The molecule has 4 bridgehead atoms. The first-order valence-electron chi connectivity index (χ1n) is 10.4. The van der Waals surface area contributed by atoms with Crippen LogP contribution in [0.25, 0.3) is 0 Å². The molecule has 4 fully saturated rings. The SMILES string of the molecule is Cc1cc(C23CC4CC(CC(C4)C2)C3)c(O)cc1NS(=O)(=O)c1ccc(O)cc1. The molecule has 0 radical (unpaired) electrons. The van der Waals surface area contributed by atoms with Gasteiger partial charge in [-0.05, 0) is 105 Å². The van der Waals surface area contributed by atoms with Crippen LogP contribution in [-0.4, -0.2) is 18.6 Å². The Bertz CT molecular complexity index is 1020. The summed E-state index contributed by atoms with van der Waals surface area (Å²) < 4.78 is 28.0. The quantitative estimate of drug-likeness (QED) is 0.679. The fourth-order valence-corrected chi connectivity index (χ4v) is 7.62. The van der Waals surface area contributed by atoms with Crippen molar-refractivity contribution in [2.75, 3.05) is 4.72 Å². The van der Waals surface area contributed by atoms with Crippen molar-refractivity contribution >= 4 is 15.7 Å². The van der Waals surface area contributed by atoms with E-state index in [1.165, 1.54) is 43.5 Å². The van der Waals surface area contributed by atoms with E-state index in [1.807, 2.05) is 13.0 Å². The molecule has 0 saturated heterocycles. The van der Waals surface area contributed by atoms with Gasteiger partial charge in [0.15, 0.2) is 0 Å². The summed E-state index contributed by atoms with van der Waals surface area (Å²) >= 11 is 0.